The molecule has 0 fully saturated rings. The highest BCUT2D eigenvalue weighted by Crippen LogP contribution is 2.46. The monoisotopic (exact) mass is 815 g/mol. The van der Waals surface area contributed by atoms with E-state index in [1.54, 1.807) is 0 Å². The fraction of sp³-hybridized carbons (Fsp3) is 0. The lowest BCUT2D eigenvalue weighted by Crippen LogP contribution is -2.11. The molecule has 1 aromatic heterocycles. The van der Waals surface area contributed by atoms with Crippen molar-refractivity contribution < 1.29 is 4.42 Å². The van der Waals surface area contributed by atoms with Gasteiger partial charge in [-0.1, -0.05) is 206 Å². The van der Waals surface area contributed by atoms with Crippen molar-refractivity contribution in [3.8, 4) is 55.6 Å². The molecular weight excluding hydrogens is 775 g/mol. The zero-order valence-electron chi connectivity index (χ0n) is 35.0. The number of hydrogen-bond acceptors (Lipinski definition) is 2. The minimum absolute atomic E-state index is 0.879. The van der Waals surface area contributed by atoms with Gasteiger partial charge in [-0.05, 0) is 114 Å². The van der Waals surface area contributed by atoms with Gasteiger partial charge in [0.05, 0.1) is 5.69 Å². The van der Waals surface area contributed by atoms with Crippen LogP contribution in [0.1, 0.15) is 0 Å². The molecule has 0 saturated heterocycles. The van der Waals surface area contributed by atoms with E-state index in [1.807, 2.05) is 6.07 Å². The summed E-state index contributed by atoms with van der Waals surface area (Å²) in [4.78, 5) is 2.40. The summed E-state index contributed by atoms with van der Waals surface area (Å²) in [7, 11) is 0. The summed E-state index contributed by atoms with van der Waals surface area (Å²) in [6.07, 6.45) is 0. The normalized spacial score (nSPS) is 11.4. The molecule has 1 heterocycles. The Morgan fingerprint density at radius 1 is 0.250 bits per heavy atom. The van der Waals surface area contributed by atoms with Crippen LogP contribution in [-0.2, 0) is 0 Å². The molecule has 0 N–H and O–H groups in total. The highest BCUT2D eigenvalue weighted by Gasteiger charge is 2.21. The van der Waals surface area contributed by atoms with Crippen LogP contribution in [0.3, 0.4) is 0 Å². The number of rotatable bonds is 8. The average molecular weight is 816 g/mol. The van der Waals surface area contributed by atoms with Crippen LogP contribution in [0, 0.1) is 0 Å². The Labute approximate surface area is 372 Å². The van der Waals surface area contributed by atoms with Crippen LogP contribution in [-0.4, -0.2) is 0 Å². The Bertz CT molecular complexity index is 3660. The maximum Gasteiger partial charge on any atom is 0.136 e. The average Bonchev–Trinajstić information content (AvgIpc) is 3.76. The molecule has 2 nitrogen and oxygen atoms in total. The van der Waals surface area contributed by atoms with Gasteiger partial charge in [0.1, 0.15) is 11.2 Å². The molecule has 0 bridgehead atoms. The van der Waals surface area contributed by atoms with E-state index in [1.165, 1.54) is 60.5 Å². The van der Waals surface area contributed by atoms with Gasteiger partial charge in [-0.3, -0.25) is 0 Å². The first-order chi connectivity index (χ1) is 31.8. The highest BCUT2D eigenvalue weighted by molar-refractivity contribution is 6.14. The zero-order valence-corrected chi connectivity index (χ0v) is 35.0. The van der Waals surface area contributed by atoms with E-state index in [2.05, 4.69) is 248 Å². The third-order valence-corrected chi connectivity index (χ3v) is 12.7. The van der Waals surface area contributed by atoms with Crippen LogP contribution in [0.5, 0.6) is 0 Å². The molecule has 0 amide bonds. The van der Waals surface area contributed by atoms with Crippen LogP contribution in [0.25, 0.3) is 99.1 Å². The summed E-state index contributed by atoms with van der Waals surface area (Å²) >= 11 is 0. The number of nitrogens with zero attached hydrogens (tertiary/aromatic N) is 1. The van der Waals surface area contributed by atoms with Gasteiger partial charge < -0.3 is 9.32 Å². The van der Waals surface area contributed by atoms with Gasteiger partial charge in [-0.25, -0.2) is 0 Å². The second-order valence-corrected chi connectivity index (χ2v) is 16.4. The predicted octanol–water partition coefficient (Wildman–Crippen LogP) is 17.7. The van der Waals surface area contributed by atoms with Crippen LogP contribution < -0.4 is 4.90 Å². The predicted molar refractivity (Wildman–Crippen MR) is 271 cm³/mol. The number of fused-ring (bicyclic) bond motifs is 6. The second-order valence-electron chi connectivity index (χ2n) is 16.4. The van der Waals surface area contributed by atoms with Gasteiger partial charge in [0.2, 0.25) is 0 Å². The molecule has 0 unspecified atom stereocenters. The van der Waals surface area contributed by atoms with Crippen LogP contribution in [0.15, 0.2) is 253 Å². The van der Waals surface area contributed by atoms with Gasteiger partial charge >= 0.3 is 0 Å². The Morgan fingerprint density at radius 3 is 1.45 bits per heavy atom. The van der Waals surface area contributed by atoms with Crippen molar-refractivity contribution in [2.75, 3.05) is 4.90 Å². The molecule has 0 atom stereocenters. The first-order valence-corrected chi connectivity index (χ1v) is 21.9. The Morgan fingerprint density at radius 2 is 0.734 bits per heavy atom. The lowest BCUT2D eigenvalue weighted by atomic mass is 9.89. The summed E-state index contributed by atoms with van der Waals surface area (Å²) in [5.41, 5.74) is 16.8. The number of anilines is 3. The van der Waals surface area contributed by atoms with Gasteiger partial charge in [0.25, 0.3) is 0 Å². The number of hydrogen-bond donors (Lipinski definition) is 0. The maximum atomic E-state index is 6.41. The summed E-state index contributed by atoms with van der Waals surface area (Å²) in [5, 5.41) is 7.27. The fourth-order valence-electron chi connectivity index (χ4n) is 9.75. The van der Waals surface area contributed by atoms with Crippen LogP contribution in [0.2, 0.25) is 0 Å². The summed E-state index contributed by atoms with van der Waals surface area (Å²) < 4.78 is 6.41. The Hall–Kier alpha value is -8.46. The topological polar surface area (TPSA) is 16.4 Å². The van der Waals surface area contributed by atoms with E-state index in [0.717, 1.165) is 55.7 Å². The van der Waals surface area contributed by atoms with Gasteiger partial charge in [-0.2, -0.15) is 0 Å². The molecule has 12 aromatic rings. The van der Waals surface area contributed by atoms with Crippen molar-refractivity contribution in [3.05, 3.63) is 249 Å². The SMILES string of the molecule is c1ccc(-c2ccccc2-c2ccccc2-c2ccc(N(c3ccc(-c4cccc5c4ccc4ccccc45)cc3)c3ccccc3-c3cccc4oc5ccccc5c34)cc2)cc1. The van der Waals surface area contributed by atoms with E-state index < -0.39 is 0 Å². The largest absolute Gasteiger partial charge is 0.456 e. The molecule has 2 heteroatoms. The van der Waals surface area contributed by atoms with Gasteiger partial charge in [-0.15, -0.1) is 0 Å². The standard InChI is InChI=1S/C62H41NO/c1-2-16-42(17-3-1)48-20-6-8-22-52(48)53-23-9-7-21-50(53)44-32-37-46(38-33-44)63(59-29-12-10-24-56(59)57-28-15-31-61-62(57)58-25-11-13-30-60(58)64-61)47-39-34-45(35-40-47)51-26-14-27-54-49-19-5-4-18-43(49)36-41-55(51)54/h1-41H. The van der Waals surface area contributed by atoms with Crippen molar-refractivity contribution in [1.29, 1.82) is 0 Å². The quantitative estimate of drug-likeness (QED) is 0.142. The highest BCUT2D eigenvalue weighted by atomic mass is 16.3. The number of furan rings is 1. The van der Waals surface area contributed by atoms with Crippen LogP contribution >= 0.6 is 0 Å². The molecule has 0 saturated carbocycles. The third kappa shape index (κ3) is 6.44. The second kappa shape index (κ2) is 15.8. The Balaban J connectivity index is 1.00. The van der Waals surface area contributed by atoms with E-state index in [9.17, 15) is 0 Å². The third-order valence-electron chi connectivity index (χ3n) is 12.7. The minimum atomic E-state index is 0.879. The van der Waals surface area contributed by atoms with E-state index >= 15 is 0 Å². The molecule has 0 aliphatic carbocycles. The summed E-state index contributed by atoms with van der Waals surface area (Å²) in [6.45, 7) is 0. The fourth-order valence-corrected chi connectivity index (χ4v) is 9.75. The van der Waals surface area contributed by atoms with E-state index in [0.29, 0.717) is 0 Å². The van der Waals surface area contributed by atoms with Crippen molar-refractivity contribution in [3.63, 3.8) is 0 Å². The summed E-state index contributed by atoms with van der Waals surface area (Å²) in [5.74, 6) is 0. The van der Waals surface area contributed by atoms with E-state index in [-0.39, 0.29) is 0 Å². The lowest BCUT2D eigenvalue weighted by Gasteiger charge is -2.28. The van der Waals surface area contributed by atoms with Gasteiger partial charge in [0.15, 0.2) is 0 Å². The molecule has 0 aliphatic heterocycles. The van der Waals surface area contributed by atoms with Crippen molar-refractivity contribution in [1.82, 2.24) is 0 Å². The first kappa shape index (κ1) is 37.3. The molecule has 300 valence electrons. The molecule has 12 rings (SSSR count). The molecule has 0 spiro atoms. The molecular formula is C62H41NO. The zero-order chi connectivity index (χ0) is 42.4. The van der Waals surface area contributed by atoms with Crippen molar-refractivity contribution in [2.24, 2.45) is 0 Å². The molecule has 0 aliphatic rings. The molecule has 0 radical (unpaired) electrons. The Kier molecular flexibility index (Phi) is 9.20. The van der Waals surface area contributed by atoms with Gasteiger partial charge in [0, 0.05) is 27.7 Å². The summed E-state index contributed by atoms with van der Waals surface area (Å²) in [6, 6.07) is 89.6. The molecule has 64 heavy (non-hydrogen) atoms. The maximum absolute atomic E-state index is 6.41. The lowest BCUT2D eigenvalue weighted by molar-refractivity contribution is 0.669. The van der Waals surface area contributed by atoms with Crippen molar-refractivity contribution in [2.45, 2.75) is 0 Å². The van der Waals surface area contributed by atoms with E-state index in [4.69, 9.17) is 4.42 Å². The first-order valence-electron chi connectivity index (χ1n) is 21.9. The minimum Gasteiger partial charge on any atom is -0.456 e. The van der Waals surface area contributed by atoms with Crippen LogP contribution in [0.4, 0.5) is 17.1 Å². The molecule has 11 aromatic carbocycles. The van der Waals surface area contributed by atoms with Crippen molar-refractivity contribution >= 4 is 60.5 Å². The number of benzene rings is 11. The number of para-hydroxylation sites is 2. The smallest absolute Gasteiger partial charge is 0.136 e.